The van der Waals surface area contributed by atoms with Gasteiger partial charge in [-0.15, -0.1) is 0 Å². The molecule has 86 valence electrons. The highest BCUT2D eigenvalue weighted by Crippen LogP contribution is 1.97. The van der Waals surface area contributed by atoms with Gasteiger partial charge >= 0.3 is 5.69 Å². The monoisotopic (exact) mass is 221 g/mol. The number of rotatable bonds is 5. The predicted molar refractivity (Wildman–Crippen MR) is 60.2 cm³/mol. The van der Waals surface area contributed by atoms with Crippen molar-refractivity contribution >= 4 is 0 Å². The molecule has 0 saturated heterocycles. The highest BCUT2D eigenvalue weighted by molar-refractivity contribution is 5.03. The fraction of sp³-hybridized carbons (Fsp3) is 0.545. The second kappa shape index (κ2) is 5.91. The van der Waals surface area contributed by atoms with Crippen LogP contribution in [0.3, 0.4) is 0 Å². The first kappa shape index (κ1) is 12.2. The molecule has 5 nitrogen and oxygen atoms in total. The third kappa shape index (κ3) is 3.09. The number of aromatic nitrogens is 2. The smallest absolute Gasteiger partial charge is 0.300 e. The normalized spacial score (nSPS) is 10.0. The molecule has 16 heavy (non-hydrogen) atoms. The molecule has 5 heteroatoms. The van der Waals surface area contributed by atoms with Gasteiger partial charge in [0, 0.05) is 24.7 Å². The number of nitriles is 1. The summed E-state index contributed by atoms with van der Waals surface area (Å²) in [5.74, 6) is 0. The van der Waals surface area contributed by atoms with Crippen molar-refractivity contribution < 1.29 is 0 Å². The lowest BCUT2D eigenvalue weighted by molar-refractivity contribution is 0.581. The number of nitrogens with one attached hydrogen (secondary N) is 1. The molecule has 1 heterocycles. The van der Waals surface area contributed by atoms with Gasteiger partial charge in [0.25, 0.3) is 5.56 Å². The Morgan fingerprint density at radius 3 is 2.81 bits per heavy atom. The van der Waals surface area contributed by atoms with E-state index >= 15 is 0 Å². The van der Waals surface area contributed by atoms with Crippen LogP contribution in [0, 0.1) is 11.3 Å². The first-order valence-electron chi connectivity index (χ1n) is 5.38. The van der Waals surface area contributed by atoms with Crippen molar-refractivity contribution in [2.75, 3.05) is 0 Å². The van der Waals surface area contributed by atoms with Gasteiger partial charge in [-0.05, 0) is 19.3 Å². The van der Waals surface area contributed by atoms with E-state index in [2.05, 4.69) is 11.1 Å². The maximum atomic E-state index is 11.4. The minimum absolute atomic E-state index is 0.305. The molecule has 0 saturated carbocycles. The van der Waals surface area contributed by atoms with Crippen molar-refractivity contribution in [3.8, 4) is 6.07 Å². The molecule has 0 fully saturated rings. The van der Waals surface area contributed by atoms with Gasteiger partial charge in [-0.25, -0.2) is 4.79 Å². The van der Waals surface area contributed by atoms with Crippen LogP contribution in [0.15, 0.2) is 15.8 Å². The van der Waals surface area contributed by atoms with Crippen molar-refractivity contribution in [3.63, 3.8) is 0 Å². The molecule has 0 atom stereocenters. The maximum absolute atomic E-state index is 11.4. The van der Waals surface area contributed by atoms with Crippen LogP contribution in [0.2, 0.25) is 0 Å². The van der Waals surface area contributed by atoms with E-state index in [9.17, 15) is 9.59 Å². The van der Waals surface area contributed by atoms with Crippen molar-refractivity contribution in [2.45, 2.75) is 39.2 Å². The Morgan fingerprint density at radius 2 is 2.19 bits per heavy atom. The number of aromatic amines is 1. The first-order chi connectivity index (χ1) is 7.69. The van der Waals surface area contributed by atoms with Gasteiger partial charge in [-0.1, -0.05) is 6.92 Å². The molecule has 1 aromatic heterocycles. The topological polar surface area (TPSA) is 78.7 Å². The van der Waals surface area contributed by atoms with Gasteiger partial charge in [0.2, 0.25) is 0 Å². The third-order valence-corrected chi connectivity index (χ3v) is 2.40. The zero-order valence-electron chi connectivity index (χ0n) is 9.32. The van der Waals surface area contributed by atoms with E-state index in [1.165, 1.54) is 4.57 Å². The molecule has 0 aromatic carbocycles. The summed E-state index contributed by atoms with van der Waals surface area (Å²) in [6.45, 7) is 2.42. The van der Waals surface area contributed by atoms with Gasteiger partial charge in [0.1, 0.15) is 0 Å². The second-order valence-electron chi connectivity index (χ2n) is 3.58. The van der Waals surface area contributed by atoms with Crippen LogP contribution >= 0.6 is 0 Å². The second-order valence-corrected chi connectivity index (χ2v) is 3.58. The molecule has 0 amide bonds. The largest absolute Gasteiger partial charge is 0.328 e. The van der Waals surface area contributed by atoms with E-state index in [0.717, 1.165) is 12.8 Å². The molecule has 0 bridgehead atoms. The van der Waals surface area contributed by atoms with E-state index in [4.69, 9.17) is 5.26 Å². The van der Waals surface area contributed by atoms with Crippen LogP contribution in [-0.2, 0) is 13.0 Å². The summed E-state index contributed by atoms with van der Waals surface area (Å²) in [5, 5.41) is 8.37. The molecule has 1 aromatic rings. The lowest BCUT2D eigenvalue weighted by Crippen LogP contribution is -2.31. The summed E-state index contributed by atoms with van der Waals surface area (Å²) in [5.41, 5.74) is -0.0696. The Morgan fingerprint density at radius 1 is 1.44 bits per heavy atom. The Bertz CT molecular complexity index is 493. The lowest BCUT2D eigenvalue weighted by Gasteiger charge is -2.05. The van der Waals surface area contributed by atoms with Crippen LogP contribution in [0.1, 0.15) is 31.7 Å². The zero-order valence-corrected chi connectivity index (χ0v) is 9.32. The lowest BCUT2D eigenvalue weighted by atomic mass is 10.2. The molecule has 0 unspecified atom stereocenters. The minimum Gasteiger partial charge on any atom is -0.300 e. The molecule has 1 N–H and O–H groups in total. The van der Waals surface area contributed by atoms with Crippen molar-refractivity contribution in [1.29, 1.82) is 5.26 Å². The molecular weight excluding hydrogens is 206 g/mol. The SMILES string of the molecule is CCc1cn(CCCCC#N)c(=O)[nH]c1=O. The molecular formula is C11H15N3O2. The van der Waals surface area contributed by atoms with Crippen molar-refractivity contribution in [2.24, 2.45) is 0 Å². The maximum Gasteiger partial charge on any atom is 0.328 e. The number of unbranched alkanes of at least 4 members (excludes halogenated alkanes) is 2. The number of nitrogens with zero attached hydrogens (tertiary/aromatic N) is 2. The summed E-state index contributed by atoms with van der Waals surface area (Å²) in [7, 11) is 0. The molecule has 0 aliphatic carbocycles. The van der Waals surface area contributed by atoms with Gasteiger partial charge in [-0.3, -0.25) is 9.78 Å². The van der Waals surface area contributed by atoms with E-state index in [1.807, 2.05) is 6.92 Å². The van der Waals surface area contributed by atoms with Gasteiger partial charge in [-0.2, -0.15) is 5.26 Å². The zero-order chi connectivity index (χ0) is 12.0. The average molecular weight is 221 g/mol. The molecule has 0 radical (unpaired) electrons. The summed E-state index contributed by atoms with van der Waals surface area (Å²) in [6, 6.07) is 2.06. The van der Waals surface area contributed by atoms with Gasteiger partial charge in [0.05, 0.1) is 6.07 Å². The van der Waals surface area contributed by atoms with E-state index in [-0.39, 0.29) is 11.2 Å². The molecule has 1 rings (SSSR count). The number of hydrogen-bond donors (Lipinski definition) is 1. The van der Waals surface area contributed by atoms with E-state index < -0.39 is 0 Å². The summed E-state index contributed by atoms with van der Waals surface area (Å²) >= 11 is 0. The third-order valence-electron chi connectivity index (χ3n) is 2.40. The van der Waals surface area contributed by atoms with Crippen LogP contribution < -0.4 is 11.2 Å². The standard InChI is InChI=1S/C11H15N3O2/c1-2-9-8-14(7-5-3-4-6-12)11(16)13-10(9)15/h8H,2-5,7H2,1H3,(H,13,15,16). The first-order valence-corrected chi connectivity index (χ1v) is 5.38. The highest BCUT2D eigenvalue weighted by Gasteiger charge is 2.02. The summed E-state index contributed by atoms with van der Waals surface area (Å²) in [6.07, 6.45) is 4.24. The average Bonchev–Trinajstić information content (AvgIpc) is 2.27. The van der Waals surface area contributed by atoms with Crippen LogP contribution in [0.4, 0.5) is 0 Å². The Balaban J connectivity index is 2.77. The minimum atomic E-state index is -0.376. The van der Waals surface area contributed by atoms with Crippen LogP contribution in [-0.4, -0.2) is 9.55 Å². The summed E-state index contributed by atoms with van der Waals surface area (Å²) in [4.78, 5) is 25.0. The van der Waals surface area contributed by atoms with Crippen LogP contribution in [0.25, 0.3) is 0 Å². The van der Waals surface area contributed by atoms with Gasteiger partial charge < -0.3 is 4.57 Å². The fourth-order valence-electron chi connectivity index (χ4n) is 1.46. The number of hydrogen-bond acceptors (Lipinski definition) is 3. The van der Waals surface area contributed by atoms with E-state index in [0.29, 0.717) is 24.9 Å². The molecule has 0 aliphatic heterocycles. The Hall–Kier alpha value is -1.83. The van der Waals surface area contributed by atoms with Crippen molar-refractivity contribution in [1.82, 2.24) is 9.55 Å². The molecule has 0 aliphatic rings. The van der Waals surface area contributed by atoms with E-state index in [1.54, 1.807) is 6.20 Å². The quantitative estimate of drug-likeness (QED) is 0.747. The van der Waals surface area contributed by atoms with Crippen molar-refractivity contribution in [3.05, 3.63) is 32.6 Å². The highest BCUT2D eigenvalue weighted by atomic mass is 16.2. The van der Waals surface area contributed by atoms with Gasteiger partial charge in [0.15, 0.2) is 0 Å². The number of H-pyrrole nitrogens is 1. The predicted octanol–water partition coefficient (Wildman–Crippen LogP) is 0.793. The van der Waals surface area contributed by atoms with Crippen LogP contribution in [0.5, 0.6) is 0 Å². The Kier molecular flexibility index (Phi) is 4.52. The number of aryl methyl sites for hydroxylation is 2. The Labute approximate surface area is 93.4 Å². The summed E-state index contributed by atoms with van der Waals surface area (Å²) < 4.78 is 1.50. The fourth-order valence-corrected chi connectivity index (χ4v) is 1.46. The molecule has 0 spiro atoms.